The third kappa shape index (κ3) is 3.00. The maximum absolute atomic E-state index is 12.1. The van der Waals surface area contributed by atoms with Crippen molar-refractivity contribution in [3.8, 4) is 22.5 Å². The maximum Gasteiger partial charge on any atom is 0.195 e. The Labute approximate surface area is 163 Å². The number of benzene rings is 2. The van der Waals surface area contributed by atoms with Crippen molar-refractivity contribution in [3.63, 3.8) is 0 Å². The third-order valence-electron chi connectivity index (χ3n) is 4.98. The summed E-state index contributed by atoms with van der Waals surface area (Å²) >= 11 is 1.67. The predicted molar refractivity (Wildman–Crippen MR) is 113 cm³/mol. The van der Waals surface area contributed by atoms with E-state index in [2.05, 4.69) is 57.2 Å². The average Bonchev–Trinajstić information content (AvgIpc) is 3.24. The molecule has 0 spiro atoms. The Morgan fingerprint density at radius 2 is 1.63 bits per heavy atom. The highest BCUT2D eigenvalue weighted by Gasteiger charge is 2.21. The zero-order valence-electron chi connectivity index (χ0n) is 15.8. The Hall–Kier alpha value is -2.72. The minimum absolute atomic E-state index is 0.624. The van der Waals surface area contributed by atoms with Gasteiger partial charge in [0, 0.05) is 10.4 Å². The first kappa shape index (κ1) is 17.7. The highest BCUT2D eigenvalue weighted by atomic mass is 32.1. The molecule has 4 heteroatoms. The van der Waals surface area contributed by atoms with Gasteiger partial charge in [-0.3, -0.25) is 9.20 Å². The van der Waals surface area contributed by atoms with Crippen molar-refractivity contribution in [2.75, 3.05) is 0 Å². The van der Waals surface area contributed by atoms with Crippen molar-refractivity contribution < 1.29 is 4.79 Å². The van der Waals surface area contributed by atoms with Crippen molar-refractivity contribution in [2.45, 2.75) is 33.6 Å². The Morgan fingerprint density at radius 3 is 2.22 bits per heavy atom. The molecule has 0 unspecified atom stereocenters. The molecule has 0 saturated heterocycles. The van der Waals surface area contributed by atoms with Crippen LogP contribution < -0.4 is 0 Å². The molecule has 0 bridgehead atoms. The lowest BCUT2D eigenvalue weighted by atomic mass is 10.1. The summed E-state index contributed by atoms with van der Waals surface area (Å²) in [6.07, 6.45) is 2.87. The summed E-state index contributed by atoms with van der Waals surface area (Å²) in [5, 5.41) is 0. The van der Waals surface area contributed by atoms with E-state index in [1.54, 1.807) is 11.3 Å². The SMILES string of the molecule is CCc1ccc(-c2c(CC)sc3nc(-c4ccc(C)cc4)c(C=O)n23)cc1. The molecule has 2 heterocycles. The number of aromatic nitrogens is 2. The van der Waals surface area contributed by atoms with Crippen LogP contribution in [0.25, 0.3) is 27.5 Å². The second kappa shape index (κ2) is 7.12. The molecule has 4 rings (SSSR count). The van der Waals surface area contributed by atoms with Crippen molar-refractivity contribution in [1.29, 1.82) is 0 Å². The molecular weight excluding hydrogens is 352 g/mol. The number of thiazole rings is 1. The zero-order chi connectivity index (χ0) is 19.0. The summed E-state index contributed by atoms with van der Waals surface area (Å²) in [6, 6.07) is 16.8. The van der Waals surface area contributed by atoms with Crippen molar-refractivity contribution >= 4 is 22.6 Å². The summed E-state index contributed by atoms with van der Waals surface area (Å²) in [4.78, 5) is 19.0. The quantitative estimate of drug-likeness (QED) is 0.403. The Bertz CT molecular complexity index is 1100. The van der Waals surface area contributed by atoms with E-state index in [1.165, 1.54) is 16.0 Å². The van der Waals surface area contributed by atoms with Crippen LogP contribution in [0.4, 0.5) is 0 Å². The van der Waals surface area contributed by atoms with Crippen LogP contribution in [0.5, 0.6) is 0 Å². The summed E-state index contributed by atoms with van der Waals surface area (Å²) < 4.78 is 2.03. The van der Waals surface area contributed by atoms with Crippen LogP contribution in [-0.4, -0.2) is 15.7 Å². The fourth-order valence-corrected chi connectivity index (χ4v) is 4.53. The van der Waals surface area contributed by atoms with Crippen LogP contribution in [0.15, 0.2) is 48.5 Å². The summed E-state index contributed by atoms with van der Waals surface area (Å²) in [7, 11) is 0. The molecule has 4 aromatic rings. The number of aryl methyl sites for hydroxylation is 3. The van der Waals surface area contributed by atoms with Gasteiger partial charge in [-0.2, -0.15) is 0 Å². The van der Waals surface area contributed by atoms with E-state index in [0.29, 0.717) is 5.69 Å². The fourth-order valence-electron chi connectivity index (χ4n) is 3.44. The first-order chi connectivity index (χ1) is 13.2. The van der Waals surface area contributed by atoms with Gasteiger partial charge in [0.1, 0.15) is 11.4 Å². The van der Waals surface area contributed by atoms with Gasteiger partial charge in [-0.1, -0.05) is 67.9 Å². The molecule has 27 heavy (non-hydrogen) atoms. The molecular formula is C23H22N2OS. The van der Waals surface area contributed by atoms with E-state index in [1.807, 2.05) is 16.5 Å². The van der Waals surface area contributed by atoms with Gasteiger partial charge in [0.2, 0.25) is 0 Å². The molecule has 0 aliphatic heterocycles. The van der Waals surface area contributed by atoms with E-state index < -0.39 is 0 Å². The number of carbonyl (C=O) groups is 1. The summed E-state index contributed by atoms with van der Waals surface area (Å²) in [5.74, 6) is 0. The average molecular weight is 375 g/mol. The number of carbonyl (C=O) groups excluding carboxylic acids is 1. The predicted octanol–water partition coefficient (Wildman–Crippen LogP) is 5.98. The van der Waals surface area contributed by atoms with Crippen LogP contribution in [0.1, 0.15) is 40.3 Å². The fraction of sp³-hybridized carbons (Fsp3) is 0.217. The standard InChI is InChI=1S/C23H22N2OS/c1-4-16-8-12-18(13-9-16)22-20(5-2)27-23-24-21(19(14-26)25(22)23)17-10-6-15(3)7-11-17/h6-14H,4-5H2,1-3H3. The largest absolute Gasteiger partial charge is 0.296 e. The smallest absolute Gasteiger partial charge is 0.195 e. The van der Waals surface area contributed by atoms with E-state index in [0.717, 1.165) is 46.6 Å². The van der Waals surface area contributed by atoms with E-state index in [-0.39, 0.29) is 0 Å². The van der Waals surface area contributed by atoms with Crippen LogP contribution in [0, 0.1) is 6.92 Å². The van der Waals surface area contributed by atoms with Gasteiger partial charge in [-0.05, 0) is 30.9 Å². The third-order valence-corrected chi connectivity index (χ3v) is 6.16. The number of imidazole rings is 1. The molecule has 136 valence electrons. The molecule has 0 atom stereocenters. The maximum atomic E-state index is 12.1. The van der Waals surface area contributed by atoms with Gasteiger partial charge >= 0.3 is 0 Å². The first-order valence-corrected chi connectivity index (χ1v) is 10.1. The highest BCUT2D eigenvalue weighted by molar-refractivity contribution is 7.17. The molecule has 0 aliphatic carbocycles. The molecule has 0 amide bonds. The molecule has 0 fully saturated rings. The minimum Gasteiger partial charge on any atom is -0.296 e. The minimum atomic E-state index is 0.624. The summed E-state index contributed by atoms with van der Waals surface area (Å²) in [6.45, 7) is 6.36. The Morgan fingerprint density at radius 1 is 0.963 bits per heavy atom. The van der Waals surface area contributed by atoms with Gasteiger partial charge in [0.05, 0.1) is 5.69 Å². The van der Waals surface area contributed by atoms with E-state index >= 15 is 0 Å². The second-order valence-electron chi connectivity index (χ2n) is 6.73. The number of aldehydes is 1. The Kier molecular flexibility index (Phi) is 4.66. The van der Waals surface area contributed by atoms with Gasteiger partial charge in [-0.15, -0.1) is 11.3 Å². The molecule has 3 nitrogen and oxygen atoms in total. The van der Waals surface area contributed by atoms with E-state index in [4.69, 9.17) is 4.98 Å². The van der Waals surface area contributed by atoms with Crippen molar-refractivity contribution in [3.05, 3.63) is 70.2 Å². The first-order valence-electron chi connectivity index (χ1n) is 9.31. The second-order valence-corrected chi connectivity index (χ2v) is 7.79. The van der Waals surface area contributed by atoms with Gasteiger partial charge in [0.15, 0.2) is 11.2 Å². The van der Waals surface area contributed by atoms with Crippen LogP contribution in [-0.2, 0) is 12.8 Å². The lowest BCUT2D eigenvalue weighted by molar-refractivity contribution is 0.111. The number of nitrogens with zero attached hydrogens (tertiary/aromatic N) is 2. The van der Waals surface area contributed by atoms with Crippen molar-refractivity contribution in [1.82, 2.24) is 9.38 Å². The monoisotopic (exact) mass is 374 g/mol. The van der Waals surface area contributed by atoms with Crippen LogP contribution in [0.3, 0.4) is 0 Å². The summed E-state index contributed by atoms with van der Waals surface area (Å²) in [5.41, 5.74) is 7.08. The van der Waals surface area contributed by atoms with Crippen LogP contribution in [0.2, 0.25) is 0 Å². The number of rotatable bonds is 5. The van der Waals surface area contributed by atoms with Gasteiger partial charge in [-0.25, -0.2) is 4.98 Å². The van der Waals surface area contributed by atoms with Crippen LogP contribution >= 0.6 is 11.3 Å². The lowest BCUT2D eigenvalue weighted by Gasteiger charge is -2.07. The van der Waals surface area contributed by atoms with Gasteiger partial charge in [0.25, 0.3) is 0 Å². The van der Waals surface area contributed by atoms with E-state index in [9.17, 15) is 4.79 Å². The molecule has 0 N–H and O–H groups in total. The van der Waals surface area contributed by atoms with Crippen molar-refractivity contribution in [2.24, 2.45) is 0 Å². The highest BCUT2D eigenvalue weighted by Crippen LogP contribution is 2.36. The molecule has 2 aromatic heterocycles. The zero-order valence-corrected chi connectivity index (χ0v) is 16.6. The number of fused-ring (bicyclic) bond motifs is 1. The molecule has 0 aliphatic rings. The Balaban J connectivity index is 1.97. The number of hydrogen-bond acceptors (Lipinski definition) is 3. The number of hydrogen-bond donors (Lipinski definition) is 0. The normalized spacial score (nSPS) is 11.2. The molecule has 0 radical (unpaired) electrons. The molecule has 2 aromatic carbocycles. The topological polar surface area (TPSA) is 34.4 Å². The lowest BCUT2D eigenvalue weighted by Crippen LogP contribution is -1.96. The van der Waals surface area contributed by atoms with Gasteiger partial charge < -0.3 is 0 Å². The molecule has 0 saturated carbocycles.